The number of halogens is 2. The molecule has 5 aromatic rings. The summed E-state index contributed by atoms with van der Waals surface area (Å²) in [5.74, 6) is 0.541. The van der Waals surface area contributed by atoms with Gasteiger partial charge in [-0.05, 0) is 71.3 Å². The van der Waals surface area contributed by atoms with Crippen LogP contribution in [0.25, 0.3) is 28.0 Å². The Morgan fingerprint density at radius 1 is 0.787 bits per heavy atom. The van der Waals surface area contributed by atoms with Gasteiger partial charge in [-0.2, -0.15) is 0 Å². The lowest BCUT2D eigenvalue weighted by molar-refractivity contribution is 0.122. The third kappa shape index (κ3) is 4.13. The third-order valence-electron chi connectivity index (χ3n) is 10.9. The Morgan fingerprint density at radius 2 is 1.47 bits per heavy atom. The second-order valence-corrected chi connectivity index (χ2v) is 13.2. The van der Waals surface area contributed by atoms with Crippen molar-refractivity contribution in [3.8, 4) is 22.6 Å². The Kier molecular flexibility index (Phi) is 6.48. The highest BCUT2D eigenvalue weighted by atomic mass is 19.1. The van der Waals surface area contributed by atoms with Gasteiger partial charge >= 0.3 is 0 Å². The molecule has 2 aliphatic heterocycles. The van der Waals surface area contributed by atoms with E-state index in [4.69, 9.17) is 14.2 Å². The summed E-state index contributed by atoms with van der Waals surface area (Å²) in [6.45, 7) is 3.16. The number of nitrogens with zero attached hydrogens (tertiary/aromatic N) is 1. The van der Waals surface area contributed by atoms with Gasteiger partial charge in [0.05, 0.1) is 20.3 Å². The number of hydrogen-bond acceptors (Lipinski definition) is 4. The number of fused-ring (bicyclic) bond motifs is 10. The van der Waals surface area contributed by atoms with E-state index < -0.39 is 22.7 Å². The number of rotatable bonds is 4. The molecule has 2 heterocycles. The molecule has 0 amide bonds. The predicted molar refractivity (Wildman–Crippen MR) is 181 cm³/mol. The van der Waals surface area contributed by atoms with Crippen molar-refractivity contribution in [1.29, 1.82) is 0 Å². The minimum atomic E-state index is -0.939. The Bertz CT molecular complexity index is 2060. The molecule has 4 nitrogen and oxygen atoms in total. The van der Waals surface area contributed by atoms with Crippen LogP contribution in [0.3, 0.4) is 0 Å². The number of methoxy groups -OCH3 is 1. The number of hydrogen-bond donors (Lipinski definition) is 0. The van der Waals surface area contributed by atoms with Gasteiger partial charge in [0.25, 0.3) is 0 Å². The van der Waals surface area contributed by atoms with Crippen molar-refractivity contribution in [2.75, 3.05) is 38.3 Å². The summed E-state index contributed by atoms with van der Waals surface area (Å²) in [6.07, 6.45) is 7.96. The van der Waals surface area contributed by atoms with Gasteiger partial charge in [0, 0.05) is 57.9 Å². The monoisotopic (exact) mass is 627 g/mol. The quantitative estimate of drug-likeness (QED) is 0.199. The molecule has 1 spiro atoms. The second kappa shape index (κ2) is 10.7. The van der Waals surface area contributed by atoms with Crippen molar-refractivity contribution in [2.45, 2.75) is 36.7 Å². The molecule has 47 heavy (non-hydrogen) atoms. The van der Waals surface area contributed by atoms with Crippen LogP contribution in [0, 0.1) is 11.6 Å². The van der Waals surface area contributed by atoms with Gasteiger partial charge in [0.15, 0.2) is 5.60 Å². The molecule has 0 radical (unpaired) electrons. The van der Waals surface area contributed by atoms with Crippen molar-refractivity contribution in [1.82, 2.24) is 0 Å². The van der Waals surface area contributed by atoms with Crippen LogP contribution in [0.2, 0.25) is 0 Å². The zero-order valence-corrected chi connectivity index (χ0v) is 26.3. The fourth-order valence-electron chi connectivity index (χ4n) is 8.79. The largest absolute Gasteiger partial charge is 0.497 e. The SMILES string of the molecule is COc1ccc(C2(c3ccc(N4CCOCC4)cc3)C=Cc3c4c(c5ccccc5c3O2)-c2cc(F)cc(F)c2C42CCCC2)cc1. The molecule has 5 aromatic carbocycles. The number of ether oxygens (including phenoxy) is 3. The van der Waals surface area contributed by atoms with Gasteiger partial charge < -0.3 is 19.1 Å². The van der Waals surface area contributed by atoms with Crippen LogP contribution >= 0.6 is 0 Å². The smallest absolute Gasteiger partial charge is 0.178 e. The summed E-state index contributed by atoms with van der Waals surface area (Å²) >= 11 is 0. The molecule has 2 aliphatic carbocycles. The average molecular weight is 628 g/mol. The molecule has 1 saturated carbocycles. The molecule has 0 bridgehead atoms. The first-order valence-corrected chi connectivity index (χ1v) is 16.6. The predicted octanol–water partition coefficient (Wildman–Crippen LogP) is 9.15. The fraction of sp³-hybridized carbons (Fsp3) is 0.268. The molecule has 236 valence electrons. The van der Waals surface area contributed by atoms with Crippen LogP contribution in [0.15, 0.2) is 91.0 Å². The van der Waals surface area contributed by atoms with Crippen LogP contribution in [0.1, 0.15) is 53.5 Å². The molecule has 0 N–H and O–H groups in total. The summed E-state index contributed by atoms with van der Waals surface area (Å²) in [5, 5.41) is 1.89. The van der Waals surface area contributed by atoms with E-state index in [2.05, 4.69) is 65.6 Å². The Balaban J connectivity index is 1.28. The lowest BCUT2D eigenvalue weighted by atomic mass is 9.73. The van der Waals surface area contributed by atoms with E-state index in [-0.39, 0.29) is 0 Å². The maximum Gasteiger partial charge on any atom is 0.178 e. The minimum absolute atomic E-state index is 0.454. The van der Waals surface area contributed by atoms with Gasteiger partial charge in [-0.1, -0.05) is 67.4 Å². The van der Waals surface area contributed by atoms with E-state index in [1.54, 1.807) is 7.11 Å². The van der Waals surface area contributed by atoms with Gasteiger partial charge in [-0.15, -0.1) is 0 Å². The highest BCUT2D eigenvalue weighted by molar-refractivity contribution is 6.08. The summed E-state index contributed by atoms with van der Waals surface area (Å²) in [6, 6.07) is 27.5. The second-order valence-electron chi connectivity index (χ2n) is 13.2. The Morgan fingerprint density at radius 3 is 2.17 bits per heavy atom. The normalized spacial score (nSPS) is 20.6. The third-order valence-corrected chi connectivity index (χ3v) is 10.9. The number of morpholine rings is 1. The van der Waals surface area contributed by atoms with E-state index in [0.29, 0.717) is 11.1 Å². The maximum absolute atomic E-state index is 15.9. The standard InChI is InChI=1S/C41H35F2NO3/c1-45-30-14-10-27(11-15-30)41(26-8-12-29(13-9-26)44-20-22-46-23-21-44)19-16-33-38-36(31-6-2-3-7-32(31)39(33)47-41)34-24-28(42)25-35(43)37(34)40(38)17-4-5-18-40/h2-3,6-16,19,24-25H,4-5,17-18,20-23H2,1H3. The average Bonchev–Trinajstić information content (AvgIpc) is 3.72. The highest BCUT2D eigenvalue weighted by Crippen LogP contribution is 2.63. The molecule has 1 atom stereocenters. The molecule has 6 heteroatoms. The van der Waals surface area contributed by atoms with Crippen LogP contribution in [0.4, 0.5) is 14.5 Å². The van der Waals surface area contributed by atoms with Gasteiger partial charge in [-0.25, -0.2) is 8.78 Å². The van der Waals surface area contributed by atoms with Crippen LogP contribution in [0.5, 0.6) is 11.5 Å². The maximum atomic E-state index is 15.9. The molecular weight excluding hydrogens is 592 g/mol. The first-order chi connectivity index (χ1) is 23.0. The van der Waals surface area contributed by atoms with Crippen molar-refractivity contribution < 1.29 is 23.0 Å². The molecule has 4 aliphatic rings. The first-order valence-electron chi connectivity index (χ1n) is 16.6. The molecule has 2 fully saturated rings. The summed E-state index contributed by atoms with van der Waals surface area (Å²) in [4.78, 5) is 2.34. The van der Waals surface area contributed by atoms with Crippen LogP contribution in [-0.2, 0) is 15.8 Å². The molecule has 1 saturated heterocycles. The van der Waals surface area contributed by atoms with Crippen molar-refractivity contribution in [2.24, 2.45) is 0 Å². The first kappa shape index (κ1) is 28.5. The van der Waals surface area contributed by atoms with E-state index >= 15 is 4.39 Å². The molecule has 1 unspecified atom stereocenters. The van der Waals surface area contributed by atoms with Crippen LogP contribution in [-0.4, -0.2) is 33.4 Å². The lowest BCUT2D eigenvalue weighted by Gasteiger charge is -2.39. The highest BCUT2D eigenvalue weighted by Gasteiger charge is 2.51. The zero-order chi connectivity index (χ0) is 31.8. The topological polar surface area (TPSA) is 30.9 Å². The van der Waals surface area contributed by atoms with Crippen molar-refractivity contribution >= 4 is 22.5 Å². The van der Waals surface area contributed by atoms with Crippen molar-refractivity contribution in [3.05, 3.63) is 130 Å². The molecule has 0 aromatic heterocycles. The van der Waals surface area contributed by atoms with E-state index in [0.717, 1.165) is 114 Å². The van der Waals surface area contributed by atoms with Crippen LogP contribution < -0.4 is 14.4 Å². The summed E-state index contributed by atoms with van der Waals surface area (Å²) in [5.41, 5.74) is 5.96. The van der Waals surface area contributed by atoms with E-state index in [9.17, 15) is 4.39 Å². The Hall–Kier alpha value is -4.68. The Labute approximate surface area is 273 Å². The number of benzene rings is 5. The van der Waals surface area contributed by atoms with E-state index in [1.807, 2.05) is 24.3 Å². The van der Waals surface area contributed by atoms with E-state index in [1.165, 1.54) is 6.07 Å². The molecule has 9 rings (SSSR count). The zero-order valence-electron chi connectivity index (χ0n) is 26.3. The summed E-state index contributed by atoms with van der Waals surface area (Å²) < 4.78 is 49.4. The van der Waals surface area contributed by atoms with Gasteiger partial charge in [0.2, 0.25) is 0 Å². The molecular formula is C41H35F2NO3. The van der Waals surface area contributed by atoms with Crippen molar-refractivity contribution in [3.63, 3.8) is 0 Å². The van der Waals surface area contributed by atoms with Gasteiger partial charge in [-0.3, -0.25) is 0 Å². The van der Waals surface area contributed by atoms with Gasteiger partial charge in [0.1, 0.15) is 23.1 Å². The lowest BCUT2D eigenvalue weighted by Crippen LogP contribution is -2.37. The minimum Gasteiger partial charge on any atom is -0.497 e. The number of anilines is 1. The fourth-order valence-corrected chi connectivity index (χ4v) is 8.79. The summed E-state index contributed by atoms with van der Waals surface area (Å²) in [7, 11) is 1.67.